The monoisotopic (exact) mass is 223 g/mol. The molecule has 6 heteroatoms. The molecule has 1 aliphatic heterocycles. The zero-order valence-electron chi connectivity index (χ0n) is 7.97. The van der Waals surface area contributed by atoms with E-state index in [0.717, 1.165) is 12.3 Å². The number of terminal acetylenes is 1. The predicted molar refractivity (Wildman–Crippen MR) is 48.1 cm³/mol. The molecule has 1 saturated heterocycles. The van der Waals surface area contributed by atoms with Crippen LogP contribution in [0, 0.1) is 18.3 Å². The second kappa shape index (κ2) is 6.30. The van der Waals surface area contributed by atoms with Gasteiger partial charge in [0.2, 0.25) is 0 Å². The van der Waals surface area contributed by atoms with Crippen LogP contribution in [-0.4, -0.2) is 30.3 Å². The van der Waals surface area contributed by atoms with Crippen molar-refractivity contribution >= 4 is 5.97 Å². The number of carboxylic acid groups (broad SMARTS) is 1. The van der Waals surface area contributed by atoms with Gasteiger partial charge in [0.05, 0.1) is 0 Å². The van der Waals surface area contributed by atoms with Gasteiger partial charge in [-0.15, -0.1) is 12.3 Å². The van der Waals surface area contributed by atoms with Crippen molar-refractivity contribution in [1.29, 1.82) is 0 Å². The maximum atomic E-state index is 10.6. The third-order valence-electron chi connectivity index (χ3n) is 1.81. The Bertz CT molecular complexity index is 241. The second-order valence-corrected chi connectivity index (χ2v) is 3.07. The summed E-state index contributed by atoms with van der Waals surface area (Å²) in [4.78, 5) is 8.90. The van der Waals surface area contributed by atoms with Gasteiger partial charge < -0.3 is 10.4 Å². The third-order valence-corrected chi connectivity index (χ3v) is 1.81. The first-order valence-corrected chi connectivity index (χ1v) is 4.32. The van der Waals surface area contributed by atoms with Crippen LogP contribution in [-0.2, 0) is 4.79 Å². The van der Waals surface area contributed by atoms with Gasteiger partial charge in [0, 0.05) is 6.42 Å². The Labute approximate surface area is 85.7 Å². The number of rotatable bonds is 2. The summed E-state index contributed by atoms with van der Waals surface area (Å²) in [5.74, 6) is 0.763. The molecule has 0 amide bonds. The second-order valence-electron chi connectivity index (χ2n) is 3.07. The summed E-state index contributed by atoms with van der Waals surface area (Å²) in [5.41, 5.74) is 0. The third kappa shape index (κ3) is 6.80. The highest BCUT2D eigenvalue weighted by atomic mass is 19.4. The largest absolute Gasteiger partial charge is 0.490 e. The van der Waals surface area contributed by atoms with Crippen molar-refractivity contribution in [3.05, 3.63) is 0 Å². The van der Waals surface area contributed by atoms with E-state index in [0.29, 0.717) is 0 Å². The number of aliphatic carboxylic acids is 1. The molecule has 1 fully saturated rings. The van der Waals surface area contributed by atoms with E-state index in [2.05, 4.69) is 11.2 Å². The van der Waals surface area contributed by atoms with E-state index in [4.69, 9.17) is 16.3 Å². The van der Waals surface area contributed by atoms with Gasteiger partial charge in [0.25, 0.3) is 0 Å². The van der Waals surface area contributed by atoms with Gasteiger partial charge in [0.15, 0.2) is 0 Å². The van der Waals surface area contributed by atoms with E-state index >= 15 is 0 Å². The molecule has 15 heavy (non-hydrogen) atoms. The van der Waals surface area contributed by atoms with Gasteiger partial charge in [-0.2, -0.15) is 13.2 Å². The number of nitrogens with one attached hydrogen (secondary N) is 1. The summed E-state index contributed by atoms with van der Waals surface area (Å²) in [6.45, 7) is 2.36. The molecular formula is C9H12F3NO2. The summed E-state index contributed by atoms with van der Waals surface area (Å²) in [5, 5.41) is 10.3. The Hall–Kier alpha value is -1.22. The number of carboxylic acids is 1. The van der Waals surface area contributed by atoms with Gasteiger partial charge >= 0.3 is 12.1 Å². The molecule has 0 aromatic heterocycles. The molecule has 0 aromatic rings. The molecule has 0 spiro atoms. The van der Waals surface area contributed by atoms with Crippen molar-refractivity contribution in [1.82, 2.24) is 5.32 Å². The number of carbonyl (C=O) groups is 1. The van der Waals surface area contributed by atoms with Crippen LogP contribution in [0.15, 0.2) is 0 Å². The fourth-order valence-corrected chi connectivity index (χ4v) is 0.840. The highest BCUT2D eigenvalue weighted by molar-refractivity contribution is 5.73. The van der Waals surface area contributed by atoms with Gasteiger partial charge in [0.1, 0.15) is 0 Å². The molecule has 1 rings (SSSR count). The first kappa shape index (κ1) is 13.8. The molecule has 86 valence electrons. The SMILES string of the molecule is C#CCCC1CNC1.O=C(O)C(F)(F)F. The van der Waals surface area contributed by atoms with Crippen molar-refractivity contribution < 1.29 is 23.1 Å². The topological polar surface area (TPSA) is 49.3 Å². The number of hydrogen-bond donors (Lipinski definition) is 2. The van der Waals surface area contributed by atoms with Crippen molar-refractivity contribution in [3.8, 4) is 12.3 Å². The number of alkyl halides is 3. The normalized spacial score (nSPS) is 15.6. The van der Waals surface area contributed by atoms with Crippen LogP contribution in [0.3, 0.4) is 0 Å². The van der Waals surface area contributed by atoms with E-state index in [1.807, 2.05) is 0 Å². The molecule has 1 heterocycles. The zero-order valence-corrected chi connectivity index (χ0v) is 7.97. The van der Waals surface area contributed by atoms with Crippen LogP contribution in [0.1, 0.15) is 12.8 Å². The molecule has 1 aliphatic rings. The van der Waals surface area contributed by atoms with Crippen LogP contribution >= 0.6 is 0 Å². The summed E-state index contributed by atoms with van der Waals surface area (Å²) >= 11 is 0. The lowest BCUT2D eigenvalue weighted by Gasteiger charge is -2.25. The lowest BCUT2D eigenvalue weighted by molar-refractivity contribution is -0.192. The maximum absolute atomic E-state index is 10.6. The van der Waals surface area contributed by atoms with E-state index < -0.39 is 12.1 Å². The lowest BCUT2D eigenvalue weighted by atomic mass is 9.98. The fourth-order valence-electron chi connectivity index (χ4n) is 0.840. The first-order valence-electron chi connectivity index (χ1n) is 4.32. The van der Waals surface area contributed by atoms with Crippen molar-refractivity contribution in [3.63, 3.8) is 0 Å². The van der Waals surface area contributed by atoms with Crippen molar-refractivity contribution in [2.75, 3.05) is 13.1 Å². The molecule has 0 saturated carbocycles. The summed E-state index contributed by atoms with van der Waals surface area (Å²) in [6.07, 6.45) is 2.16. The smallest absolute Gasteiger partial charge is 0.475 e. The Morgan fingerprint density at radius 2 is 2.00 bits per heavy atom. The highest BCUT2D eigenvalue weighted by Gasteiger charge is 2.38. The lowest BCUT2D eigenvalue weighted by Crippen LogP contribution is -2.41. The minimum absolute atomic E-state index is 0.881. The van der Waals surface area contributed by atoms with Crippen LogP contribution in [0.5, 0.6) is 0 Å². The standard InChI is InChI=1S/C7H11N.C2HF3O2/c1-2-3-4-7-5-8-6-7;3-2(4,5)1(6)7/h1,7-8H,3-6H2;(H,6,7). The van der Waals surface area contributed by atoms with Crippen LogP contribution in [0.2, 0.25) is 0 Å². The molecule has 0 radical (unpaired) electrons. The maximum Gasteiger partial charge on any atom is 0.490 e. The van der Waals surface area contributed by atoms with Crippen LogP contribution in [0.4, 0.5) is 13.2 Å². The van der Waals surface area contributed by atoms with Gasteiger partial charge in [-0.25, -0.2) is 4.79 Å². The zero-order chi connectivity index (χ0) is 11.9. The van der Waals surface area contributed by atoms with Gasteiger partial charge in [-0.05, 0) is 25.4 Å². The molecule has 2 N–H and O–H groups in total. The molecular weight excluding hydrogens is 211 g/mol. The Morgan fingerprint density at radius 1 is 1.53 bits per heavy atom. The summed E-state index contributed by atoms with van der Waals surface area (Å²) in [6, 6.07) is 0. The summed E-state index contributed by atoms with van der Waals surface area (Å²) in [7, 11) is 0. The van der Waals surface area contributed by atoms with Crippen molar-refractivity contribution in [2.24, 2.45) is 5.92 Å². The van der Waals surface area contributed by atoms with Crippen LogP contribution in [0.25, 0.3) is 0 Å². The molecule has 0 unspecified atom stereocenters. The molecule has 0 bridgehead atoms. The Morgan fingerprint density at radius 3 is 2.20 bits per heavy atom. The minimum Gasteiger partial charge on any atom is -0.475 e. The fraction of sp³-hybridized carbons (Fsp3) is 0.667. The van der Waals surface area contributed by atoms with Gasteiger partial charge in [-0.1, -0.05) is 0 Å². The van der Waals surface area contributed by atoms with E-state index in [1.165, 1.54) is 19.5 Å². The Balaban J connectivity index is 0.000000265. The average molecular weight is 223 g/mol. The predicted octanol–water partition coefficient (Wildman–Crippen LogP) is 1.25. The average Bonchev–Trinajstić information content (AvgIpc) is 2.01. The summed E-state index contributed by atoms with van der Waals surface area (Å²) < 4.78 is 31.7. The first-order chi connectivity index (χ1) is 6.88. The minimum atomic E-state index is -5.08. The molecule has 3 nitrogen and oxygen atoms in total. The number of halogens is 3. The molecule has 0 aliphatic carbocycles. The molecule has 0 atom stereocenters. The van der Waals surface area contributed by atoms with E-state index in [-0.39, 0.29) is 0 Å². The van der Waals surface area contributed by atoms with E-state index in [9.17, 15) is 13.2 Å². The number of hydrogen-bond acceptors (Lipinski definition) is 2. The van der Waals surface area contributed by atoms with Crippen molar-refractivity contribution in [2.45, 2.75) is 19.0 Å². The van der Waals surface area contributed by atoms with Gasteiger partial charge in [-0.3, -0.25) is 0 Å². The highest BCUT2D eigenvalue weighted by Crippen LogP contribution is 2.13. The van der Waals surface area contributed by atoms with Crippen LogP contribution < -0.4 is 5.32 Å². The quantitative estimate of drug-likeness (QED) is 0.693. The molecule has 0 aromatic carbocycles. The Kier molecular flexibility index (Phi) is 5.79. The van der Waals surface area contributed by atoms with E-state index in [1.54, 1.807) is 0 Å².